The molecule has 1 fully saturated rings. The molecule has 18 heteroatoms. The van der Waals surface area contributed by atoms with E-state index in [4.69, 9.17) is 23.8 Å². The minimum Gasteiger partial charge on any atom is -0.444 e. The summed E-state index contributed by atoms with van der Waals surface area (Å²) in [5, 5.41) is 1.82. The Bertz CT molecular complexity index is 2140. The van der Waals surface area contributed by atoms with Crippen molar-refractivity contribution in [1.29, 1.82) is 0 Å². The van der Waals surface area contributed by atoms with Crippen LogP contribution in [0.2, 0.25) is 0 Å². The van der Waals surface area contributed by atoms with Crippen LogP contribution in [0.1, 0.15) is 95.2 Å². The number of thioether (sulfide) groups is 2. The molecule has 0 bridgehead atoms. The van der Waals surface area contributed by atoms with Gasteiger partial charge in [-0.1, -0.05) is 19.6 Å². The maximum Gasteiger partial charge on any atom is 0.492 e. The molecule has 59 heavy (non-hydrogen) atoms. The number of hydrogen-bond acceptors (Lipinski definition) is 12. The third kappa shape index (κ3) is 12.5. The molecular weight excluding hydrogens is 855 g/mol. The zero-order valence-electron chi connectivity index (χ0n) is 35.7. The number of carbonyl (C=O) groups is 2. The summed E-state index contributed by atoms with van der Waals surface area (Å²) in [4.78, 5) is 45.5. The lowest BCUT2D eigenvalue weighted by atomic mass is 9.76. The predicted molar refractivity (Wildman–Crippen MR) is 241 cm³/mol. The third-order valence-corrected chi connectivity index (χ3v) is 11.3. The summed E-state index contributed by atoms with van der Waals surface area (Å²) in [6.45, 7) is 21.7. The van der Waals surface area contributed by atoms with Gasteiger partial charge in [-0.25, -0.2) is 29.5 Å². The standard InChI is InChI=1S/C17H22N4O2S.C16H28BNO4.C7H6BrN3S.CH4/c1-17(2,3)23-16(22)21-8-5-6-12(10-21)13-11-20-9-7-18-14(20)15(19-13)24-4;1-14(2,3)20-13(19)18-10-8-9-12(11-18)17-21-15(4,5)16(6,7)22-17;1-12-7-6-9-2-3-11(6)4-5(8)10-7;/h6-7,9,11H,5,8,10H2,1-4H3;9H,8,10-11H2,1-7H3;2-4H,1H3;1H4. The fraction of sp³-hybridized carbons (Fsp3) is 0.561. The van der Waals surface area contributed by atoms with Crippen LogP contribution < -0.4 is 0 Å². The van der Waals surface area contributed by atoms with Gasteiger partial charge < -0.3 is 37.4 Å². The zero-order valence-corrected chi connectivity index (χ0v) is 38.9. The Labute approximate surface area is 366 Å². The molecule has 7 rings (SSSR count). The van der Waals surface area contributed by atoms with Gasteiger partial charge in [-0.2, -0.15) is 0 Å². The second kappa shape index (κ2) is 19.4. The molecule has 0 unspecified atom stereocenters. The highest BCUT2D eigenvalue weighted by molar-refractivity contribution is 9.10. The molecule has 14 nitrogen and oxygen atoms in total. The number of fused-ring (bicyclic) bond motifs is 2. The van der Waals surface area contributed by atoms with Crippen molar-refractivity contribution in [1.82, 2.24) is 38.5 Å². The van der Waals surface area contributed by atoms with Gasteiger partial charge in [-0.3, -0.25) is 0 Å². The molecule has 0 spiro atoms. The molecule has 0 radical (unpaired) electrons. The van der Waals surface area contributed by atoms with E-state index in [0.29, 0.717) is 26.2 Å². The van der Waals surface area contributed by atoms with E-state index in [1.165, 1.54) is 0 Å². The average Bonchev–Trinajstić information content (AvgIpc) is 3.87. The quantitative estimate of drug-likeness (QED) is 0.142. The molecule has 3 aliphatic rings. The van der Waals surface area contributed by atoms with Crippen LogP contribution in [0.5, 0.6) is 0 Å². The number of aromatic nitrogens is 6. The summed E-state index contributed by atoms with van der Waals surface area (Å²) < 4.78 is 27.8. The van der Waals surface area contributed by atoms with Gasteiger partial charge in [0.05, 0.1) is 23.4 Å². The monoisotopic (exact) mass is 914 g/mol. The van der Waals surface area contributed by atoms with Crippen molar-refractivity contribution in [2.24, 2.45) is 0 Å². The fourth-order valence-corrected chi connectivity index (χ4v) is 7.61. The molecule has 4 aromatic heterocycles. The number of imidazole rings is 2. The molecule has 0 N–H and O–H groups in total. The normalized spacial score (nSPS) is 17.5. The van der Waals surface area contributed by atoms with Gasteiger partial charge >= 0.3 is 19.3 Å². The zero-order chi connectivity index (χ0) is 42.6. The van der Waals surface area contributed by atoms with Crippen molar-refractivity contribution in [3.63, 3.8) is 0 Å². The van der Waals surface area contributed by atoms with E-state index in [0.717, 1.165) is 55.5 Å². The summed E-state index contributed by atoms with van der Waals surface area (Å²) in [5.41, 5.74) is 2.96. The first-order chi connectivity index (χ1) is 27.1. The van der Waals surface area contributed by atoms with Gasteiger partial charge in [0, 0.05) is 56.8 Å². The Hall–Kier alpha value is -3.58. The number of ether oxygens (including phenoxy) is 2. The van der Waals surface area contributed by atoms with E-state index >= 15 is 0 Å². The summed E-state index contributed by atoms with van der Waals surface area (Å²) >= 11 is 6.50. The molecule has 322 valence electrons. The van der Waals surface area contributed by atoms with Crippen LogP contribution in [0.4, 0.5) is 9.59 Å². The molecule has 0 aromatic carbocycles. The lowest BCUT2D eigenvalue weighted by molar-refractivity contribution is 0.00578. The third-order valence-electron chi connectivity index (χ3n) is 9.56. The molecule has 7 heterocycles. The summed E-state index contributed by atoms with van der Waals surface area (Å²) in [5.74, 6) is 0. The Kier molecular flexibility index (Phi) is 15.8. The van der Waals surface area contributed by atoms with Crippen LogP contribution in [0.15, 0.2) is 69.5 Å². The average molecular weight is 916 g/mol. The topological polar surface area (TPSA) is 138 Å². The second-order valence-corrected chi connectivity index (χ2v) is 19.4. The molecular formula is C41H60BBrN8O6S2. The molecule has 2 amide bonds. The fourth-order valence-electron chi connectivity index (χ4n) is 6.03. The first-order valence-electron chi connectivity index (χ1n) is 19.2. The molecule has 0 saturated carbocycles. The number of amides is 2. The maximum atomic E-state index is 12.3. The molecule has 0 atom stereocenters. The number of nitrogens with zero attached hydrogens (tertiary/aromatic N) is 8. The van der Waals surface area contributed by atoms with E-state index in [1.54, 1.807) is 45.7 Å². The Balaban J connectivity index is 0.000000203. The van der Waals surface area contributed by atoms with Gasteiger partial charge in [0.15, 0.2) is 11.3 Å². The van der Waals surface area contributed by atoms with Crippen molar-refractivity contribution in [3.8, 4) is 0 Å². The smallest absolute Gasteiger partial charge is 0.444 e. The van der Waals surface area contributed by atoms with Crippen LogP contribution in [0.3, 0.4) is 0 Å². The largest absolute Gasteiger partial charge is 0.492 e. The Morgan fingerprint density at radius 1 is 0.763 bits per heavy atom. The van der Waals surface area contributed by atoms with Crippen LogP contribution in [-0.4, -0.2) is 119 Å². The first-order valence-corrected chi connectivity index (χ1v) is 22.4. The van der Waals surface area contributed by atoms with Gasteiger partial charge in [0.25, 0.3) is 0 Å². The van der Waals surface area contributed by atoms with Gasteiger partial charge in [0.2, 0.25) is 0 Å². The number of halogens is 1. The van der Waals surface area contributed by atoms with E-state index in [2.05, 4.69) is 43.0 Å². The van der Waals surface area contributed by atoms with E-state index in [1.807, 2.05) is 115 Å². The number of hydrogen-bond donors (Lipinski definition) is 0. The van der Waals surface area contributed by atoms with E-state index < -0.39 is 18.3 Å². The summed E-state index contributed by atoms with van der Waals surface area (Å²) in [6, 6.07) is 0. The summed E-state index contributed by atoms with van der Waals surface area (Å²) in [7, 11) is -0.393. The summed E-state index contributed by atoms with van der Waals surface area (Å²) in [6.07, 6.45) is 20.5. The lowest BCUT2D eigenvalue weighted by Gasteiger charge is -2.32. The van der Waals surface area contributed by atoms with Crippen molar-refractivity contribution < 1.29 is 28.4 Å². The maximum absolute atomic E-state index is 12.3. The van der Waals surface area contributed by atoms with Gasteiger partial charge in [-0.05, 0) is 122 Å². The van der Waals surface area contributed by atoms with E-state index in [-0.39, 0.29) is 30.8 Å². The number of carbonyl (C=O) groups excluding carboxylic acids is 2. The van der Waals surface area contributed by atoms with E-state index in [9.17, 15) is 9.59 Å². The molecule has 3 aliphatic heterocycles. The highest BCUT2D eigenvalue weighted by Crippen LogP contribution is 2.39. The van der Waals surface area contributed by atoms with Crippen LogP contribution in [0, 0.1) is 0 Å². The number of rotatable bonds is 4. The van der Waals surface area contributed by atoms with Crippen LogP contribution >= 0.6 is 39.5 Å². The van der Waals surface area contributed by atoms with Crippen molar-refractivity contribution >= 4 is 75.6 Å². The molecule has 0 aliphatic carbocycles. The second-order valence-electron chi connectivity index (χ2n) is 17.0. The molecule has 4 aromatic rings. The highest BCUT2D eigenvalue weighted by Gasteiger charge is 2.52. The molecule has 1 saturated heterocycles. The van der Waals surface area contributed by atoms with Gasteiger partial charge in [0.1, 0.15) is 25.9 Å². The van der Waals surface area contributed by atoms with Crippen molar-refractivity contribution in [2.45, 2.75) is 122 Å². The minimum absolute atomic E-state index is 0. The van der Waals surface area contributed by atoms with Gasteiger partial charge in [-0.15, -0.1) is 23.5 Å². The SMILES string of the molecule is C.CC(C)(C)OC(=O)N1CCC=C(B2OC(C)(C)C(C)(C)O2)C1.CSc1nc(Br)cn2ccnc12.CSc1nc(C2=CCCN(C(=O)OC(C)(C)C)C2)cn2ccnc12. The highest BCUT2D eigenvalue weighted by atomic mass is 79.9. The van der Waals surface area contributed by atoms with Crippen molar-refractivity contribution in [3.05, 3.63) is 65.1 Å². The van der Waals surface area contributed by atoms with Crippen molar-refractivity contribution in [2.75, 3.05) is 38.7 Å². The Morgan fingerprint density at radius 2 is 1.24 bits per heavy atom. The minimum atomic E-state index is -0.488. The lowest BCUT2D eigenvalue weighted by Crippen LogP contribution is -2.42. The Morgan fingerprint density at radius 3 is 1.75 bits per heavy atom. The predicted octanol–water partition coefficient (Wildman–Crippen LogP) is 9.51. The van der Waals surface area contributed by atoms with Crippen LogP contribution in [0.25, 0.3) is 16.9 Å². The first kappa shape index (κ1) is 48.1. The van der Waals surface area contributed by atoms with Crippen LogP contribution in [-0.2, 0) is 18.8 Å².